The molecule has 2 N–H and O–H groups in total. The highest BCUT2D eigenvalue weighted by atomic mass is 32.2. The Balaban J connectivity index is 2.43. The van der Waals surface area contributed by atoms with Crippen molar-refractivity contribution in [1.82, 2.24) is 4.90 Å². The molecule has 2 saturated heterocycles. The summed E-state index contributed by atoms with van der Waals surface area (Å²) in [4.78, 5) is 2.26. The first-order valence-electron chi connectivity index (χ1n) is 7.64. The molecule has 2 aliphatic rings. The number of hydrogen-bond donors (Lipinski definition) is 1. The first kappa shape index (κ1) is 17.9. The predicted molar refractivity (Wildman–Crippen MR) is 94.8 cm³/mol. The third kappa shape index (κ3) is 3.13. The summed E-state index contributed by atoms with van der Waals surface area (Å²) < 4.78 is 25.1. The maximum Gasteiger partial charge on any atom is 0.166 e. The summed E-state index contributed by atoms with van der Waals surface area (Å²) in [7, 11) is -3.08. The van der Waals surface area contributed by atoms with Gasteiger partial charge in [0.15, 0.2) is 9.84 Å². The quantitative estimate of drug-likeness (QED) is 0.830. The molecule has 0 amide bonds. The van der Waals surface area contributed by atoms with Gasteiger partial charge in [0, 0.05) is 41.6 Å². The van der Waals surface area contributed by atoms with Crippen LogP contribution in [0.5, 0.6) is 0 Å². The van der Waals surface area contributed by atoms with Crippen molar-refractivity contribution in [3.8, 4) is 0 Å². The highest BCUT2D eigenvalue weighted by Gasteiger charge is 2.54. The third-order valence-electron chi connectivity index (χ3n) is 5.26. The van der Waals surface area contributed by atoms with E-state index in [4.69, 9.17) is 5.73 Å². The van der Waals surface area contributed by atoms with Crippen molar-refractivity contribution in [3.63, 3.8) is 0 Å². The fraction of sp³-hybridized carbons (Fsp3) is 1.00. The van der Waals surface area contributed by atoms with Gasteiger partial charge in [-0.25, -0.2) is 8.42 Å². The molecule has 0 saturated carbocycles. The Labute approximate surface area is 137 Å². The van der Waals surface area contributed by atoms with Gasteiger partial charge < -0.3 is 5.73 Å². The van der Waals surface area contributed by atoms with Crippen LogP contribution in [0.2, 0.25) is 0 Å². The van der Waals surface area contributed by atoms with Crippen LogP contribution >= 0.6 is 23.5 Å². The topological polar surface area (TPSA) is 63.4 Å². The summed E-state index contributed by atoms with van der Waals surface area (Å²) in [5, 5.41) is -0.372. The average molecular weight is 353 g/mol. The van der Waals surface area contributed by atoms with Gasteiger partial charge >= 0.3 is 0 Å². The molecular formula is C14H28N2O2S3. The van der Waals surface area contributed by atoms with E-state index in [9.17, 15) is 8.42 Å². The van der Waals surface area contributed by atoms with Crippen LogP contribution in [-0.2, 0) is 9.84 Å². The summed E-state index contributed by atoms with van der Waals surface area (Å²) >= 11 is 3.67. The lowest BCUT2D eigenvalue weighted by Crippen LogP contribution is -2.70. The Morgan fingerprint density at radius 1 is 1.29 bits per heavy atom. The molecule has 0 aromatic heterocycles. The van der Waals surface area contributed by atoms with Crippen LogP contribution in [0.15, 0.2) is 0 Å². The van der Waals surface area contributed by atoms with Gasteiger partial charge in [0.05, 0.1) is 0 Å². The third-order valence-corrected chi connectivity index (χ3v) is 9.72. The van der Waals surface area contributed by atoms with Gasteiger partial charge in [-0.2, -0.15) is 23.5 Å². The smallest absolute Gasteiger partial charge is 0.166 e. The second-order valence-corrected chi connectivity index (χ2v) is 11.3. The number of hydrogen-bond acceptors (Lipinski definition) is 6. The van der Waals surface area contributed by atoms with Gasteiger partial charge in [-0.05, 0) is 17.6 Å². The lowest BCUT2D eigenvalue weighted by molar-refractivity contribution is -0.00186. The fourth-order valence-electron chi connectivity index (χ4n) is 3.48. The monoisotopic (exact) mass is 352 g/mol. The Morgan fingerprint density at radius 3 is 2.57 bits per heavy atom. The van der Waals surface area contributed by atoms with Crippen LogP contribution in [0.1, 0.15) is 27.2 Å². The van der Waals surface area contributed by atoms with Crippen molar-refractivity contribution in [3.05, 3.63) is 0 Å². The Kier molecular flexibility index (Phi) is 5.62. The van der Waals surface area contributed by atoms with E-state index in [0.717, 1.165) is 30.2 Å². The minimum atomic E-state index is -3.08. The van der Waals surface area contributed by atoms with Crippen LogP contribution in [-0.4, -0.2) is 66.1 Å². The summed E-state index contributed by atoms with van der Waals surface area (Å²) in [5.74, 6) is 3.97. The first-order chi connectivity index (χ1) is 9.81. The largest absolute Gasteiger partial charge is 0.329 e. The van der Waals surface area contributed by atoms with Gasteiger partial charge in [-0.1, -0.05) is 20.8 Å². The molecule has 21 heavy (non-hydrogen) atoms. The molecule has 0 radical (unpaired) electrons. The highest BCUT2D eigenvalue weighted by molar-refractivity contribution is 8.01. The molecule has 2 aliphatic heterocycles. The maximum atomic E-state index is 12.6. The van der Waals surface area contributed by atoms with Crippen molar-refractivity contribution in [1.29, 1.82) is 0 Å². The molecule has 0 aromatic rings. The maximum absolute atomic E-state index is 12.6. The van der Waals surface area contributed by atoms with Gasteiger partial charge in [0.1, 0.15) is 5.37 Å². The zero-order valence-corrected chi connectivity index (χ0v) is 15.7. The molecule has 2 heterocycles. The minimum Gasteiger partial charge on any atom is -0.329 e. The van der Waals surface area contributed by atoms with E-state index in [2.05, 4.69) is 18.7 Å². The molecule has 2 rings (SSSR count). The summed E-state index contributed by atoms with van der Waals surface area (Å²) in [5.41, 5.74) is 6.08. The van der Waals surface area contributed by atoms with E-state index < -0.39 is 9.84 Å². The van der Waals surface area contributed by atoms with Crippen LogP contribution in [0, 0.1) is 5.41 Å². The number of rotatable bonds is 4. The molecule has 7 heteroatoms. The van der Waals surface area contributed by atoms with E-state index in [1.165, 1.54) is 0 Å². The molecule has 4 nitrogen and oxygen atoms in total. The molecular weight excluding hydrogens is 324 g/mol. The Bertz CT molecular complexity index is 467. The van der Waals surface area contributed by atoms with Crippen molar-refractivity contribution in [2.75, 3.05) is 41.9 Å². The standard InChI is InChI=1S/C14H28N2O2S3/c1-4-21(17,18)12-9-19-8-6-16(12)14(10-15)11-20-7-5-13(14,2)3/h12H,4-11,15H2,1-3H3. The van der Waals surface area contributed by atoms with Gasteiger partial charge in [-0.3, -0.25) is 4.90 Å². The lowest BCUT2D eigenvalue weighted by Gasteiger charge is -2.58. The molecule has 124 valence electrons. The first-order valence-corrected chi connectivity index (χ1v) is 11.7. The molecule has 2 fully saturated rings. The second kappa shape index (κ2) is 6.59. The zero-order valence-electron chi connectivity index (χ0n) is 13.3. The lowest BCUT2D eigenvalue weighted by atomic mass is 9.69. The molecule has 2 unspecified atom stereocenters. The van der Waals surface area contributed by atoms with Gasteiger partial charge in [-0.15, -0.1) is 0 Å². The minimum absolute atomic E-state index is 0.0521. The van der Waals surface area contributed by atoms with E-state index in [0.29, 0.717) is 12.3 Å². The predicted octanol–water partition coefficient (Wildman–Crippen LogP) is 1.66. The number of thioether (sulfide) groups is 2. The van der Waals surface area contributed by atoms with Crippen LogP contribution in [0.25, 0.3) is 0 Å². The van der Waals surface area contributed by atoms with Crippen molar-refractivity contribution in [2.45, 2.75) is 38.1 Å². The van der Waals surface area contributed by atoms with Crippen molar-refractivity contribution >= 4 is 33.4 Å². The van der Waals surface area contributed by atoms with E-state index in [1.54, 1.807) is 18.7 Å². The van der Waals surface area contributed by atoms with E-state index in [-0.39, 0.29) is 22.1 Å². The van der Waals surface area contributed by atoms with Crippen LogP contribution in [0.3, 0.4) is 0 Å². The van der Waals surface area contributed by atoms with Crippen LogP contribution < -0.4 is 5.73 Å². The summed E-state index contributed by atoms with van der Waals surface area (Å²) in [6, 6.07) is 0. The van der Waals surface area contributed by atoms with Crippen LogP contribution in [0.4, 0.5) is 0 Å². The van der Waals surface area contributed by atoms with Gasteiger partial charge in [0.25, 0.3) is 0 Å². The zero-order chi connectivity index (χ0) is 15.7. The van der Waals surface area contributed by atoms with Crippen molar-refractivity contribution in [2.24, 2.45) is 11.1 Å². The SMILES string of the molecule is CCS(=O)(=O)C1CSCCN1C1(CN)CSCCC1(C)C. The number of nitrogens with zero attached hydrogens (tertiary/aromatic N) is 1. The van der Waals surface area contributed by atoms with E-state index >= 15 is 0 Å². The molecule has 2 atom stereocenters. The summed E-state index contributed by atoms with van der Waals surface area (Å²) in [6.07, 6.45) is 1.09. The Hall–Kier alpha value is 0.570. The molecule has 0 aromatic carbocycles. The van der Waals surface area contributed by atoms with Gasteiger partial charge in [0.2, 0.25) is 0 Å². The fourth-order valence-corrected chi connectivity index (χ4v) is 8.36. The molecule has 0 spiro atoms. The summed E-state index contributed by atoms with van der Waals surface area (Å²) in [6.45, 7) is 7.64. The Morgan fingerprint density at radius 2 is 2.00 bits per heavy atom. The molecule has 0 bridgehead atoms. The van der Waals surface area contributed by atoms with E-state index in [1.807, 2.05) is 11.8 Å². The highest BCUT2D eigenvalue weighted by Crippen LogP contribution is 2.47. The number of sulfone groups is 1. The normalized spacial score (nSPS) is 34.8. The second-order valence-electron chi connectivity index (χ2n) is 6.60. The average Bonchev–Trinajstić information content (AvgIpc) is 2.47. The van der Waals surface area contributed by atoms with Crippen molar-refractivity contribution < 1.29 is 8.42 Å². The molecule has 0 aliphatic carbocycles. The number of nitrogens with two attached hydrogens (primary N) is 1.